The predicted octanol–water partition coefficient (Wildman–Crippen LogP) is 2.15. The van der Waals surface area contributed by atoms with Gasteiger partial charge in [0.1, 0.15) is 5.75 Å². The number of pyridine rings is 1. The highest BCUT2D eigenvalue weighted by Gasteiger charge is 2.09. The average Bonchev–Trinajstić information content (AvgIpc) is 2.25. The van der Waals surface area contributed by atoms with Crippen molar-refractivity contribution in [1.29, 1.82) is 0 Å². The van der Waals surface area contributed by atoms with Crippen molar-refractivity contribution in [2.24, 2.45) is 0 Å². The number of H-pyrrole nitrogens is 1. The summed E-state index contributed by atoms with van der Waals surface area (Å²) in [6.45, 7) is 3.72. The lowest BCUT2D eigenvalue weighted by Crippen LogP contribution is -2.10. The van der Waals surface area contributed by atoms with Crippen molar-refractivity contribution in [1.82, 2.24) is 4.98 Å². The molecule has 0 bridgehead atoms. The molecule has 0 amide bonds. The Hall–Kier alpha value is -1.77. The number of hydrogen-bond donors (Lipinski definition) is 1. The summed E-state index contributed by atoms with van der Waals surface area (Å²) in [6.07, 6.45) is 0. The number of hydrogen-bond acceptors (Lipinski definition) is 2. The Morgan fingerprint density at radius 3 is 2.67 bits per heavy atom. The van der Waals surface area contributed by atoms with Gasteiger partial charge in [0, 0.05) is 11.3 Å². The molecule has 0 saturated carbocycles. The fourth-order valence-electron chi connectivity index (χ4n) is 1.69. The van der Waals surface area contributed by atoms with Gasteiger partial charge in [0.2, 0.25) is 0 Å². The number of benzene rings is 1. The molecular weight excluding hydrogens is 190 g/mol. The van der Waals surface area contributed by atoms with Crippen LogP contribution >= 0.6 is 0 Å². The zero-order chi connectivity index (χ0) is 11.0. The number of aryl methyl sites for hydroxylation is 1. The normalized spacial score (nSPS) is 10.6. The van der Waals surface area contributed by atoms with E-state index >= 15 is 0 Å². The van der Waals surface area contributed by atoms with Crippen LogP contribution in [0, 0.1) is 13.8 Å². The van der Waals surface area contributed by atoms with Gasteiger partial charge >= 0.3 is 0 Å². The van der Waals surface area contributed by atoms with Crippen molar-refractivity contribution < 1.29 is 4.74 Å². The van der Waals surface area contributed by atoms with E-state index in [0.717, 1.165) is 16.8 Å². The van der Waals surface area contributed by atoms with Crippen molar-refractivity contribution >= 4 is 10.9 Å². The molecule has 0 aliphatic heterocycles. The lowest BCUT2D eigenvalue weighted by atomic mass is 10.1. The fourth-order valence-corrected chi connectivity index (χ4v) is 1.69. The van der Waals surface area contributed by atoms with E-state index in [4.69, 9.17) is 4.74 Å². The van der Waals surface area contributed by atoms with Crippen molar-refractivity contribution in [2.75, 3.05) is 7.11 Å². The van der Waals surface area contributed by atoms with E-state index in [1.54, 1.807) is 13.2 Å². The standard InChI is InChI=1S/C12H13NO2/c1-7-8(2)13-9-5-4-6-10(15-3)11(9)12(7)14/h4-6H,1-3H3,(H,13,14). The molecule has 0 atom stereocenters. The Labute approximate surface area is 87.7 Å². The van der Waals surface area contributed by atoms with Crippen LogP contribution in [-0.4, -0.2) is 12.1 Å². The van der Waals surface area contributed by atoms with Crippen LogP contribution in [0.25, 0.3) is 10.9 Å². The topological polar surface area (TPSA) is 42.1 Å². The lowest BCUT2D eigenvalue weighted by Gasteiger charge is -2.07. The van der Waals surface area contributed by atoms with Crippen LogP contribution in [0.5, 0.6) is 5.75 Å². The van der Waals surface area contributed by atoms with Crippen LogP contribution < -0.4 is 10.2 Å². The first-order valence-corrected chi connectivity index (χ1v) is 4.81. The monoisotopic (exact) mass is 203 g/mol. The second-order valence-electron chi connectivity index (χ2n) is 3.59. The minimum atomic E-state index is 0.0405. The third-order valence-electron chi connectivity index (χ3n) is 2.70. The Morgan fingerprint density at radius 1 is 1.27 bits per heavy atom. The fraction of sp³-hybridized carbons (Fsp3) is 0.250. The molecule has 2 rings (SSSR count). The van der Waals surface area contributed by atoms with Gasteiger partial charge in [-0.2, -0.15) is 0 Å². The quantitative estimate of drug-likeness (QED) is 0.771. The highest BCUT2D eigenvalue weighted by atomic mass is 16.5. The summed E-state index contributed by atoms with van der Waals surface area (Å²) in [7, 11) is 1.57. The predicted molar refractivity (Wildman–Crippen MR) is 60.6 cm³/mol. The molecule has 0 spiro atoms. The second kappa shape index (κ2) is 3.42. The number of fused-ring (bicyclic) bond motifs is 1. The number of rotatable bonds is 1. The second-order valence-corrected chi connectivity index (χ2v) is 3.59. The Morgan fingerprint density at radius 2 is 2.00 bits per heavy atom. The molecule has 1 aromatic carbocycles. The summed E-state index contributed by atoms with van der Waals surface area (Å²) in [4.78, 5) is 15.2. The zero-order valence-electron chi connectivity index (χ0n) is 9.05. The number of methoxy groups -OCH3 is 1. The largest absolute Gasteiger partial charge is 0.496 e. The molecule has 15 heavy (non-hydrogen) atoms. The molecule has 0 radical (unpaired) electrons. The van der Waals surface area contributed by atoms with Crippen molar-refractivity contribution in [3.63, 3.8) is 0 Å². The van der Waals surface area contributed by atoms with Crippen LogP contribution in [0.1, 0.15) is 11.3 Å². The van der Waals surface area contributed by atoms with Crippen molar-refractivity contribution in [2.45, 2.75) is 13.8 Å². The van der Waals surface area contributed by atoms with Gasteiger partial charge in [0.25, 0.3) is 0 Å². The molecule has 0 saturated heterocycles. The third kappa shape index (κ3) is 1.40. The first kappa shape index (κ1) is 9.77. The van der Waals surface area contributed by atoms with Crippen LogP contribution in [0.3, 0.4) is 0 Å². The van der Waals surface area contributed by atoms with Crippen LogP contribution in [0.4, 0.5) is 0 Å². The number of aromatic nitrogens is 1. The molecule has 0 fully saturated rings. The summed E-state index contributed by atoms with van der Waals surface area (Å²) in [5.41, 5.74) is 2.51. The van der Waals surface area contributed by atoms with Crippen LogP contribution in [0.2, 0.25) is 0 Å². The van der Waals surface area contributed by atoms with E-state index in [-0.39, 0.29) is 5.43 Å². The number of ether oxygens (including phenoxy) is 1. The molecule has 1 N–H and O–H groups in total. The minimum absolute atomic E-state index is 0.0405. The van der Waals surface area contributed by atoms with Crippen LogP contribution in [-0.2, 0) is 0 Å². The minimum Gasteiger partial charge on any atom is -0.496 e. The zero-order valence-corrected chi connectivity index (χ0v) is 9.05. The van der Waals surface area contributed by atoms with Gasteiger partial charge in [-0.15, -0.1) is 0 Å². The summed E-state index contributed by atoms with van der Waals surface area (Å²) in [5, 5.41) is 0.628. The summed E-state index contributed by atoms with van der Waals surface area (Å²) < 4.78 is 5.18. The Bertz CT molecular complexity index is 570. The highest BCUT2D eigenvalue weighted by Crippen LogP contribution is 2.21. The molecular formula is C12H13NO2. The van der Waals surface area contributed by atoms with E-state index in [2.05, 4.69) is 4.98 Å². The van der Waals surface area contributed by atoms with Gasteiger partial charge in [-0.05, 0) is 26.0 Å². The first-order valence-electron chi connectivity index (χ1n) is 4.81. The van der Waals surface area contributed by atoms with Gasteiger partial charge < -0.3 is 9.72 Å². The number of nitrogens with one attached hydrogen (secondary N) is 1. The van der Waals surface area contributed by atoms with E-state index in [1.165, 1.54) is 0 Å². The molecule has 0 aliphatic carbocycles. The van der Waals surface area contributed by atoms with Gasteiger partial charge in [-0.1, -0.05) is 6.07 Å². The summed E-state index contributed by atoms with van der Waals surface area (Å²) in [6, 6.07) is 5.55. The van der Waals surface area contributed by atoms with Gasteiger partial charge in [-0.25, -0.2) is 0 Å². The molecule has 3 heteroatoms. The molecule has 1 heterocycles. The Balaban J connectivity index is 3.00. The molecule has 1 aromatic heterocycles. The first-order chi connectivity index (χ1) is 7.15. The summed E-state index contributed by atoms with van der Waals surface area (Å²) >= 11 is 0. The maximum absolute atomic E-state index is 12.0. The Kier molecular flexibility index (Phi) is 2.23. The van der Waals surface area contributed by atoms with E-state index < -0.39 is 0 Å². The summed E-state index contributed by atoms with van der Waals surface area (Å²) in [5.74, 6) is 0.622. The van der Waals surface area contributed by atoms with Gasteiger partial charge in [0.15, 0.2) is 5.43 Å². The molecule has 78 valence electrons. The van der Waals surface area contributed by atoms with Crippen molar-refractivity contribution in [3.05, 3.63) is 39.7 Å². The van der Waals surface area contributed by atoms with Crippen LogP contribution in [0.15, 0.2) is 23.0 Å². The molecule has 0 unspecified atom stereocenters. The third-order valence-corrected chi connectivity index (χ3v) is 2.70. The lowest BCUT2D eigenvalue weighted by molar-refractivity contribution is 0.419. The van der Waals surface area contributed by atoms with E-state index in [1.807, 2.05) is 26.0 Å². The molecule has 0 aliphatic rings. The van der Waals surface area contributed by atoms with E-state index in [0.29, 0.717) is 11.1 Å². The van der Waals surface area contributed by atoms with E-state index in [9.17, 15) is 4.79 Å². The smallest absolute Gasteiger partial charge is 0.196 e. The number of aromatic amines is 1. The van der Waals surface area contributed by atoms with Gasteiger partial charge in [-0.3, -0.25) is 4.79 Å². The average molecular weight is 203 g/mol. The maximum atomic E-state index is 12.0. The highest BCUT2D eigenvalue weighted by molar-refractivity contribution is 5.85. The van der Waals surface area contributed by atoms with Crippen molar-refractivity contribution in [3.8, 4) is 5.75 Å². The maximum Gasteiger partial charge on any atom is 0.196 e. The SMILES string of the molecule is COc1cccc2[nH]c(C)c(C)c(=O)c12. The molecule has 2 aromatic rings. The van der Waals surface area contributed by atoms with Gasteiger partial charge in [0.05, 0.1) is 18.0 Å². The molecule has 3 nitrogen and oxygen atoms in total.